The maximum absolute atomic E-state index is 12.7. The first-order chi connectivity index (χ1) is 14.9. The summed E-state index contributed by atoms with van der Waals surface area (Å²) in [6.45, 7) is 0. The Morgan fingerprint density at radius 2 is 1.90 bits per heavy atom. The number of methoxy groups -OCH3 is 1. The van der Waals surface area contributed by atoms with Crippen LogP contribution in [0.2, 0.25) is 0 Å². The standard InChI is InChI=1S/C22H22N4O4S/c1-25-17-6-4-5-14(19(17)20(28)26(2)22(25)29)11-18(27)24-21-23-16(12-31-21)13-7-9-15(30-3)10-8-13/h4-10,16H,11-12H2,1-3H3,(H,23,24,27). The molecule has 0 spiro atoms. The van der Waals surface area contributed by atoms with E-state index in [-0.39, 0.29) is 18.4 Å². The number of aliphatic imine (C=N–C) groups is 1. The molecule has 0 aliphatic carbocycles. The molecular weight excluding hydrogens is 416 g/mol. The van der Waals surface area contributed by atoms with Gasteiger partial charge in [-0.15, -0.1) is 0 Å². The molecule has 0 fully saturated rings. The lowest BCUT2D eigenvalue weighted by molar-refractivity contribution is -0.118. The summed E-state index contributed by atoms with van der Waals surface area (Å²) in [7, 11) is 4.67. The zero-order valence-electron chi connectivity index (χ0n) is 17.4. The van der Waals surface area contributed by atoms with E-state index in [0.29, 0.717) is 21.6 Å². The molecule has 4 rings (SSSR count). The summed E-state index contributed by atoms with van der Waals surface area (Å²) >= 11 is 1.48. The number of benzene rings is 2. The predicted molar refractivity (Wildman–Crippen MR) is 122 cm³/mol. The highest BCUT2D eigenvalue weighted by Gasteiger charge is 2.22. The number of carbonyl (C=O) groups excluding carboxylic acids is 1. The maximum Gasteiger partial charge on any atom is 0.330 e. The number of amidine groups is 1. The molecule has 1 aliphatic rings. The number of nitrogens with one attached hydrogen (secondary N) is 1. The number of aryl methyl sites for hydroxylation is 1. The Kier molecular flexibility index (Phi) is 5.69. The van der Waals surface area contributed by atoms with Crippen LogP contribution in [-0.4, -0.2) is 33.1 Å². The number of thioether (sulfide) groups is 1. The Labute approximate surface area is 182 Å². The minimum atomic E-state index is -0.409. The van der Waals surface area contributed by atoms with Gasteiger partial charge in [-0.05, 0) is 29.3 Å². The average molecular weight is 439 g/mol. The van der Waals surface area contributed by atoms with Crippen LogP contribution in [0.15, 0.2) is 57.0 Å². The second kappa shape index (κ2) is 8.43. The molecule has 1 aliphatic heterocycles. The molecule has 3 aromatic rings. The van der Waals surface area contributed by atoms with E-state index in [0.717, 1.165) is 21.6 Å². The number of ether oxygens (including phenoxy) is 1. The minimum absolute atomic E-state index is 0.0115. The largest absolute Gasteiger partial charge is 0.497 e. The van der Waals surface area contributed by atoms with Crippen molar-refractivity contribution < 1.29 is 9.53 Å². The molecule has 1 amide bonds. The third kappa shape index (κ3) is 4.00. The number of hydrogen-bond donors (Lipinski definition) is 1. The van der Waals surface area contributed by atoms with E-state index in [4.69, 9.17) is 4.74 Å². The molecular formula is C22H22N4O4S. The van der Waals surface area contributed by atoms with Crippen molar-refractivity contribution in [2.75, 3.05) is 12.9 Å². The molecule has 9 heteroatoms. The Balaban J connectivity index is 1.54. The van der Waals surface area contributed by atoms with Gasteiger partial charge in [-0.25, -0.2) is 4.79 Å². The molecule has 1 aromatic heterocycles. The van der Waals surface area contributed by atoms with Gasteiger partial charge in [-0.3, -0.25) is 23.7 Å². The van der Waals surface area contributed by atoms with Crippen LogP contribution < -0.4 is 21.3 Å². The fraction of sp³-hybridized carbons (Fsp3) is 0.273. The Morgan fingerprint density at radius 1 is 1.16 bits per heavy atom. The van der Waals surface area contributed by atoms with E-state index in [1.807, 2.05) is 24.3 Å². The third-order valence-corrected chi connectivity index (χ3v) is 6.29. The van der Waals surface area contributed by atoms with Gasteiger partial charge in [0.2, 0.25) is 5.91 Å². The average Bonchev–Trinajstić information content (AvgIpc) is 3.24. The van der Waals surface area contributed by atoms with Crippen LogP contribution in [0.4, 0.5) is 0 Å². The summed E-state index contributed by atoms with van der Waals surface area (Å²) in [5.41, 5.74) is 1.32. The zero-order valence-corrected chi connectivity index (χ0v) is 18.2. The van der Waals surface area contributed by atoms with E-state index in [2.05, 4.69) is 10.3 Å². The number of fused-ring (bicyclic) bond motifs is 1. The van der Waals surface area contributed by atoms with Gasteiger partial charge in [0.15, 0.2) is 5.17 Å². The van der Waals surface area contributed by atoms with E-state index < -0.39 is 11.2 Å². The lowest BCUT2D eigenvalue weighted by atomic mass is 10.1. The van der Waals surface area contributed by atoms with Crippen molar-refractivity contribution in [2.24, 2.45) is 19.1 Å². The van der Waals surface area contributed by atoms with Gasteiger partial charge in [-0.1, -0.05) is 36.0 Å². The summed E-state index contributed by atoms with van der Waals surface area (Å²) in [5, 5.41) is 3.78. The van der Waals surface area contributed by atoms with Crippen LogP contribution >= 0.6 is 11.8 Å². The summed E-state index contributed by atoms with van der Waals surface area (Å²) < 4.78 is 7.65. The minimum Gasteiger partial charge on any atom is -0.497 e. The van der Waals surface area contributed by atoms with Crippen molar-refractivity contribution >= 4 is 33.7 Å². The molecule has 0 bridgehead atoms. The molecule has 31 heavy (non-hydrogen) atoms. The van der Waals surface area contributed by atoms with Gasteiger partial charge < -0.3 is 10.1 Å². The van der Waals surface area contributed by atoms with Crippen molar-refractivity contribution in [2.45, 2.75) is 12.5 Å². The zero-order chi connectivity index (χ0) is 22.1. The Hall–Kier alpha value is -3.33. The first-order valence-electron chi connectivity index (χ1n) is 9.71. The first-order valence-corrected chi connectivity index (χ1v) is 10.7. The van der Waals surface area contributed by atoms with Gasteiger partial charge in [-0.2, -0.15) is 0 Å². The van der Waals surface area contributed by atoms with Crippen molar-refractivity contribution in [1.82, 2.24) is 14.5 Å². The van der Waals surface area contributed by atoms with Crippen LogP contribution in [0.25, 0.3) is 10.9 Å². The summed E-state index contributed by atoms with van der Waals surface area (Å²) in [5.74, 6) is 1.26. The molecule has 1 N–H and O–H groups in total. The lowest BCUT2D eigenvalue weighted by Crippen LogP contribution is -2.37. The summed E-state index contributed by atoms with van der Waals surface area (Å²) in [4.78, 5) is 42.1. The second-order valence-electron chi connectivity index (χ2n) is 7.28. The molecule has 1 unspecified atom stereocenters. The third-order valence-electron chi connectivity index (χ3n) is 5.33. The van der Waals surface area contributed by atoms with Crippen LogP contribution in [0, 0.1) is 0 Å². The van der Waals surface area contributed by atoms with E-state index in [1.165, 1.54) is 23.4 Å². The number of amides is 1. The number of hydrogen-bond acceptors (Lipinski definition) is 6. The molecule has 2 heterocycles. The Bertz CT molecular complexity index is 1310. The molecule has 160 valence electrons. The van der Waals surface area contributed by atoms with Crippen LogP contribution in [-0.2, 0) is 25.3 Å². The topological polar surface area (TPSA) is 94.7 Å². The molecule has 8 nitrogen and oxygen atoms in total. The van der Waals surface area contributed by atoms with Crippen molar-refractivity contribution in [3.8, 4) is 5.75 Å². The van der Waals surface area contributed by atoms with Gasteiger partial charge in [0, 0.05) is 19.8 Å². The highest BCUT2D eigenvalue weighted by Crippen LogP contribution is 2.30. The van der Waals surface area contributed by atoms with E-state index in [9.17, 15) is 14.4 Å². The number of aromatic nitrogens is 2. The van der Waals surface area contributed by atoms with Crippen LogP contribution in [0.5, 0.6) is 5.75 Å². The van der Waals surface area contributed by atoms with Gasteiger partial charge in [0.05, 0.1) is 30.5 Å². The van der Waals surface area contributed by atoms with Crippen molar-refractivity contribution in [3.05, 3.63) is 74.4 Å². The fourth-order valence-electron chi connectivity index (χ4n) is 3.62. The quantitative estimate of drug-likeness (QED) is 0.670. The van der Waals surface area contributed by atoms with Crippen molar-refractivity contribution in [1.29, 1.82) is 0 Å². The van der Waals surface area contributed by atoms with Gasteiger partial charge in [0.1, 0.15) is 5.75 Å². The second-order valence-corrected chi connectivity index (χ2v) is 8.28. The monoisotopic (exact) mass is 438 g/mol. The molecule has 2 aromatic carbocycles. The molecule has 0 saturated heterocycles. The SMILES string of the molecule is COc1ccc(C2CSC(NC(=O)Cc3cccc4c3c(=O)n(C)c(=O)n4C)=N2)cc1. The number of nitrogens with zero attached hydrogens (tertiary/aromatic N) is 3. The van der Waals surface area contributed by atoms with Gasteiger partial charge in [0.25, 0.3) is 5.56 Å². The van der Waals surface area contributed by atoms with E-state index >= 15 is 0 Å². The summed E-state index contributed by atoms with van der Waals surface area (Å²) in [6.07, 6.45) is 0.0115. The molecule has 0 saturated carbocycles. The van der Waals surface area contributed by atoms with E-state index in [1.54, 1.807) is 32.4 Å². The Morgan fingerprint density at radius 3 is 2.61 bits per heavy atom. The maximum atomic E-state index is 12.7. The normalized spacial score (nSPS) is 15.7. The smallest absolute Gasteiger partial charge is 0.330 e. The number of rotatable bonds is 4. The highest BCUT2D eigenvalue weighted by molar-refractivity contribution is 8.14. The van der Waals surface area contributed by atoms with Gasteiger partial charge >= 0.3 is 5.69 Å². The number of carbonyl (C=O) groups is 1. The molecule has 0 radical (unpaired) electrons. The fourth-order valence-corrected chi connectivity index (χ4v) is 4.59. The van der Waals surface area contributed by atoms with Crippen LogP contribution in [0.3, 0.4) is 0 Å². The summed E-state index contributed by atoms with van der Waals surface area (Å²) in [6, 6.07) is 12.9. The predicted octanol–water partition coefficient (Wildman–Crippen LogP) is 1.75. The van der Waals surface area contributed by atoms with Crippen LogP contribution in [0.1, 0.15) is 17.2 Å². The lowest BCUT2D eigenvalue weighted by Gasteiger charge is -2.11. The highest BCUT2D eigenvalue weighted by atomic mass is 32.2. The first kappa shape index (κ1) is 20.9. The molecule has 1 atom stereocenters. The van der Waals surface area contributed by atoms with Crippen molar-refractivity contribution in [3.63, 3.8) is 0 Å².